The minimum atomic E-state index is 0.258. The van der Waals surface area contributed by atoms with Crippen LogP contribution < -0.4 is 10.1 Å². The molecule has 2 rings (SSSR count). The van der Waals surface area contributed by atoms with Crippen molar-refractivity contribution in [2.75, 3.05) is 27.2 Å². The monoisotopic (exact) mass is 262 g/mol. The van der Waals surface area contributed by atoms with Crippen molar-refractivity contribution in [2.24, 2.45) is 0 Å². The standard InChI is InChI=1S/C15H22N2O2/c1-16-13-9-10-17(11-13)15(18)8-5-12-3-6-14(19-2)7-4-12/h3-4,6-7,13,16H,5,8-11H2,1-2H3. The van der Waals surface area contributed by atoms with Crippen molar-refractivity contribution in [1.29, 1.82) is 0 Å². The SMILES string of the molecule is CNC1CCN(C(=O)CCc2ccc(OC)cc2)C1. The van der Waals surface area contributed by atoms with Crippen LogP contribution in [0.3, 0.4) is 0 Å². The number of benzene rings is 1. The first-order chi connectivity index (χ1) is 9.22. The highest BCUT2D eigenvalue weighted by atomic mass is 16.5. The first kappa shape index (κ1) is 13.9. The Balaban J connectivity index is 1.80. The predicted octanol–water partition coefficient (Wildman–Crippen LogP) is 1.45. The highest BCUT2D eigenvalue weighted by Gasteiger charge is 2.24. The van der Waals surface area contributed by atoms with E-state index < -0.39 is 0 Å². The molecule has 1 fully saturated rings. The Morgan fingerprint density at radius 3 is 2.74 bits per heavy atom. The highest BCUT2D eigenvalue weighted by Crippen LogP contribution is 2.15. The van der Waals surface area contributed by atoms with E-state index in [1.807, 2.05) is 36.2 Å². The number of likely N-dealkylation sites (N-methyl/N-ethyl adjacent to an activating group) is 1. The molecule has 4 nitrogen and oxygen atoms in total. The van der Waals surface area contributed by atoms with Crippen molar-refractivity contribution in [3.05, 3.63) is 29.8 Å². The maximum atomic E-state index is 12.1. The average molecular weight is 262 g/mol. The van der Waals surface area contributed by atoms with E-state index in [1.54, 1.807) is 7.11 Å². The number of carbonyl (C=O) groups is 1. The van der Waals surface area contributed by atoms with Crippen molar-refractivity contribution in [2.45, 2.75) is 25.3 Å². The molecule has 1 aliphatic rings. The topological polar surface area (TPSA) is 41.6 Å². The fourth-order valence-corrected chi connectivity index (χ4v) is 2.42. The van der Waals surface area contributed by atoms with Gasteiger partial charge >= 0.3 is 0 Å². The van der Waals surface area contributed by atoms with Crippen molar-refractivity contribution in [3.8, 4) is 5.75 Å². The van der Waals surface area contributed by atoms with Gasteiger partial charge in [0.15, 0.2) is 0 Å². The number of nitrogens with one attached hydrogen (secondary N) is 1. The van der Waals surface area contributed by atoms with Gasteiger partial charge in [0.05, 0.1) is 7.11 Å². The Morgan fingerprint density at radius 2 is 2.16 bits per heavy atom. The summed E-state index contributed by atoms with van der Waals surface area (Å²) < 4.78 is 5.12. The normalized spacial score (nSPS) is 18.6. The second-order valence-electron chi connectivity index (χ2n) is 4.96. The van der Waals surface area contributed by atoms with Crippen LogP contribution in [-0.4, -0.2) is 44.1 Å². The summed E-state index contributed by atoms with van der Waals surface area (Å²) in [7, 11) is 3.61. The maximum absolute atomic E-state index is 12.1. The predicted molar refractivity (Wildman–Crippen MR) is 75.4 cm³/mol. The summed E-state index contributed by atoms with van der Waals surface area (Å²) in [6, 6.07) is 8.38. The van der Waals surface area contributed by atoms with Crippen molar-refractivity contribution in [1.82, 2.24) is 10.2 Å². The summed E-state index contributed by atoms with van der Waals surface area (Å²) >= 11 is 0. The lowest BCUT2D eigenvalue weighted by Crippen LogP contribution is -2.33. The molecule has 104 valence electrons. The molecule has 0 bridgehead atoms. The lowest BCUT2D eigenvalue weighted by atomic mass is 10.1. The van der Waals surface area contributed by atoms with Crippen LogP contribution in [0.1, 0.15) is 18.4 Å². The Hall–Kier alpha value is -1.55. The number of aryl methyl sites for hydroxylation is 1. The van der Waals surface area contributed by atoms with Gasteiger partial charge in [0, 0.05) is 25.6 Å². The number of hydrogen-bond donors (Lipinski definition) is 1. The molecule has 1 unspecified atom stereocenters. The number of carbonyl (C=O) groups excluding carboxylic acids is 1. The number of methoxy groups -OCH3 is 1. The smallest absolute Gasteiger partial charge is 0.222 e. The van der Waals surface area contributed by atoms with E-state index >= 15 is 0 Å². The average Bonchev–Trinajstić information content (AvgIpc) is 2.94. The molecule has 1 heterocycles. The molecule has 0 spiro atoms. The van der Waals surface area contributed by atoms with Gasteiger partial charge in [-0.05, 0) is 37.6 Å². The zero-order chi connectivity index (χ0) is 13.7. The van der Waals surface area contributed by atoms with E-state index in [0.29, 0.717) is 12.5 Å². The Labute approximate surface area is 114 Å². The molecule has 0 radical (unpaired) electrons. The van der Waals surface area contributed by atoms with Crippen LogP contribution in [0.4, 0.5) is 0 Å². The molecule has 0 aromatic heterocycles. The van der Waals surface area contributed by atoms with Crippen LogP contribution in [0.15, 0.2) is 24.3 Å². The summed E-state index contributed by atoms with van der Waals surface area (Å²) in [6.45, 7) is 1.73. The molecular weight excluding hydrogens is 240 g/mol. The molecular formula is C15H22N2O2. The molecule has 1 aliphatic heterocycles. The van der Waals surface area contributed by atoms with E-state index in [2.05, 4.69) is 5.32 Å². The van der Waals surface area contributed by atoms with E-state index in [4.69, 9.17) is 4.74 Å². The largest absolute Gasteiger partial charge is 0.497 e. The van der Waals surface area contributed by atoms with Gasteiger partial charge in [0.2, 0.25) is 5.91 Å². The molecule has 1 aromatic carbocycles. The number of ether oxygens (including phenoxy) is 1. The molecule has 1 amide bonds. The quantitative estimate of drug-likeness (QED) is 0.873. The Kier molecular flexibility index (Phi) is 4.80. The lowest BCUT2D eigenvalue weighted by molar-refractivity contribution is -0.130. The Morgan fingerprint density at radius 1 is 1.42 bits per heavy atom. The lowest BCUT2D eigenvalue weighted by Gasteiger charge is -2.16. The zero-order valence-corrected chi connectivity index (χ0v) is 11.7. The third kappa shape index (κ3) is 3.70. The van der Waals surface area contributed by atoms with Gasteiger partial charge < -0.3 is 15.0 Å². The van der Waals surface area contributed by atoms with Crippen molar-refractivity contribution >= 4 is 5.91 Å². The summed E-state index contributed by atoms with van der Waals surface area (Å²) in [5, 5.41) is 3.23. The summed E-state index contributed by atoms with van der Waals surface area (Å²) in [5.41, 5.74) is 1.18. The third-order valence-corrected chi connectivity index (χ3v) is 3.74. The van der Waals surface area contributed by atoms with E-state index in [0.717, 1.165) is 31.7 Å². The Bertz CT molecular complexity index is 417. The van der Waals surface area contributed by atoms with Crippen LogP contribution in [0.2, 0.25) is 0 Å². The second-order valence-corrected chi connectivity index (χ2v) is 4.96. The molecule has 0 saturated carbocycles. The highest BCUT2D eigenvalue weighted by molar-refractivity contribution is 5.76. The van der Waals surface area contributed by atoms with Gasteiger partial charge in [0.25, 0.3) is 0 Å². The zero-order valence-electron chi connectivity index (χ0n) is 11.7. The molecule has 1 saturated heterocycles. The van der Waals surface area contributed by atoms with Gasteiger partial charge in [0.1, 0.15) is 5.75 Å². The molecule has 1 N–H and O–H groups in total. The van der Waals surface area contributed by atoms with Gasteiger partial charge in [-0.15, -0.1) is 0 Å². The minimum absolute atomic E-state index is 0.258. The fourth-order valence-electron chi connectivity index (χ4n) is 2.42. The number of rotatable bonds is 5. The summed E-state index contributed by atoms with van der Waals surface area (Å²) in [4.78, 5) is 14.0. The fraction of sp³-hybridized carbons (Fsp3) is 0.533. The third-order valence-electron chi connectivity index (χ3n) is 3.74. The molecule has 1 aromatic rings. The van der Waals surface area contributed by atoms with Crippen molar-refractivity contribution in [3.63, 3.8) is 0 Å². The minimum Gasteiger partial charge on any atom is -0.497 e. The van der Waals surface area contributed by atoms with E-state index in [-0.39, 0.29) is 5.91 Å². The number of hydrogen-bond acceptors (Lipinski definition) is 3. The van der Waals surface area contributed by atoms with Crippen LogP contribution in [-0.2, 0) is 11.2 Å². The molecule has 19 heavy (non-hydrogen) atoms. The summed E-state index contributed by atoms with van der Waals surface area (Å²) in [6.07, 6.45) is 2.44. The van der Waals surface area contributed by atoms with Crippen LogP contribution in [0, 0.1) is 0 Å². The van der Waals surface area contributed by atoms with Gasteiger partial charge in [-0.2, -0.15) is 0 Å². The van der Waals surface area contributed by atoms with Gasteiger partial charge in [-0.1, -0.05) is 12.1 Å². The van der Waals surface area contributed by atoms with Crippen LogP contribution in [0.5, 0.6) is 5.75 Å². The number of nitrogens with zero attached hydrogens (tertiary/aromatic N) is 1. The van der Waals surface area contributed by atoms with Crippen LogP contribution in [0.25, 0.3) is 0 Å². The summed E-state index contributed by atoms with van der Waals surface area (Å²) in [5.74, 6) is 1.11. The second kappa shape index (κ2) is 6.57. The number of amides is 1. The van der Waals surface area contributed by atoms with Crippen LogP contribution >= 0.6 is 0 Å². The first-order valence-electron chi connectivity index (χ1n) is 6.81. The molecule has 4 heteroatoms. The van der Waals surface area contributed by atoms with E-state index in [9.17, 15) is 4.79 Å². The van der Waals surface area contributed by atoms with Crippen molar-refractivity contribution < 1.29 is 9.53 Å². The first-order valence-corrected chi connectivity index (χ1v) is 6.81. The molecule has 1 atom stereocenters. The van der Waals surface area contributed by atoms with E-state index in [1.165, 1.54) is 5.56 Å². The molecule has 0 aliphatic carbocycles. The number of likely N-dealkylation sites (tertiary alicyclic amines) is 1. The van der Waals surface area contributed by atoms with Gasteiger partial charge in [-0.3, -0.25) is 4.79 Å². The van der Waals surface area contributed by atoms with Gasteiger partial charge in [-0.25, -0.2) is 0 Å². The maximum Gasteiger partial charge on any atom is 0.222 e.